The van der Waals surface area contributed by atoms with Crippen LogP contribution in [0.2, 0.25) is 0 Å². The molecule has 1 amide bonds. The summed E-state index contributed by atoms with van der Waals surface area (Å²) >= 11 is 0. The summed E-state index contributed by atoms with van der Waals surface area (Å²) in [6.45, 7) is 7.10. The van der Waals surface area contributed by atoms with Crippen LogP contribution in [0.15, 0.2) is 85.1 Å². The molecule has 0 aliphatic carbocycles. The molecule has 3 aromatic carbocycles. The molecule has 0 radical (unpaired) electrons. The third kappa shape index (κ3) is 6.34. The highest BCUT2D eigenvalue weighted by molar-refractivity contribution is 5.79. The summed E-state index contributed by atoms with van der Waals surface area (Å²) in [4.78, 5) is 16.9. The molecule has 5 rings (SSSR count). The molecule has 1 spiro atoms. The van der Waals surface area contributed by atoms with Gasteiger partial charge in [0.25, 0.3) is 0 Å². The average Bonchev–Trinajstić information content (AvgIpc) is 3.23. The van der Waals surface area contributed by atoms with Gasteiger partial charge in [0.1, 0.15) is 11.6 Å². The van der Waals surface area contributed by atoms with Crippen molar-refractivity contribution in [2.45, 2.75) is 31.3 Å². The number of ether oxygens (including phenoxy) is 3. The Balaban J connectivity index is 1.18. The lowest BCUT2D eigenvalue weighted by atomic mass is 9.88. The molecule has 8 heteroatoms. The zero-order chi connectivity index (χ0) is 29.7. The summed E-state index contributed by atoms with van der Waals surface area (Å²) in [6.07, 6.45) is 4.52. The van der Waals surface area contributed by atoms with Crippen LogP contribution in [0.1, 0.15) is 36.0 Å². The summed E-state index contributed by atoms with van der Waals surface area (Å²) in [6, 6.07) is 18.5. The average molecular weight is 575 g/mol. The number of benzene rings is 3. The molecule has 3 aromatic rings. The lowest BCUT2D eigenvalue weighted by molar-refractivity contribution is 0.0152. The maximum Gasteiger partial charge on any atom is 0.415 e. The summed E-state index contributed by atoms with van der Waals surface area (Å²) in [5, 5.41) is 0. The first-order chi connectivity index (χ1) is 20.3. The van der Waals surface area contributed by atoms with Crippen LogP contribution < -0.4 is 9.47 Å². The fourth-order valence-corrected chi connectivity index (χ4v) is 5.72. The zero-order valence-electron chi connectivity index (χ0n) is 24.1. The van der Waals surface area contributed by atoms with Gasteiger partial charge in [-0.25, -0.2) is 13.6 Å². The van der Waals surface area contributed by atoms with Crippen LogP contribution in [0.5, 0.6) is 11.5 Å². The minimum atomic E-state index is -0.672. The Morgan fingerprint density at radius 3 is 2.07 bits per heavy atom. The second-order valence-electron chi connectivity index (χ2n) is 10.7. The number of carbonyl (C=O) groups excluding carboxylic acids is 1. The number of hydrogen-bond donors (Lipinski definition) is 0. The van der Waals surface area contributed by atoms with E-state index < -0.39 is 5.60 Å². The molecule has 0 unspecified atom stereocenters. The Kier molecular flexibility index (Phi) is 8.92. The van der Waals surface area contributed by atoms with Crippen LogP contribution in [0.4, 0.5) is 13.6 Å². The third-order valence-electron chi connectivity index (χ3n) is 8.19. The third-order valence-corrected chi connectivity index (χ3v) is 8.19. The first-order valence-corrected chi connectivity index (χ1v) is 14.2. The molecule has 2 heterocycles. The highest BCUT2D eigenvalue weighted by Gasteiger charge is 2.50. The van der Waals surface area contributed by atoms with Crippen LogP contribution >= 0.6 is 0 Å². The molecule has 2 fully saturated rings. The fraction of sp³-hybridized carbons (Fsp3) is 0.324. The topological polar surface area (TPSA) is 51.2 Å². The number of rotatable bonds is 10. The van der Waals surface area contributed by atoms with Gasteiger partial charge in [0, 0.05) is 39.0 Å². The van der Waals surface area contributed by atoms with Gasteiger partial charge in [0.05, 0.1) is 19.9 Å². The van der Waals surface area contributed by atoms with Crippen molar-refractivity contribution < 1.29 is 27.8 Å². The first-order valence-electron chi connectivity index (χ1n) is 14.2. The molecule has 0 bridgehead atoms. The lowest BCUT2D eigenvalue weighted by Gasteiger charge is -2.38. The van der Waals surface area contributed by atoms with Crippen molar-refractivity contribution in [3.8, 4) is 11.5 Å². The number of carbonyl (C=O) groups is 1. The molecule has 0 N–H and O–H groups in total. The Labute approximate surface area is 245 Å². The number of halogens is 2. The first kappa shape index (κ1) is 29.3. The van der Waals surface area contributed by atoms with E-state index >= 15 is 0 Å². The van der Waals surface area contributed by atoms with Crippen molar-refractivity contribution in [2.75, 3.05) is 40.4 Å². The minimum absolute atomic E-state index is 0.298. The quantitative estimate of drug-likeness (QED) is 0.265. The Hall–Kier alpha value is -4.17. The van der Waals surface area contributed by atoms with Gasteiger partial charge >= 0.3 is 6.09 Å². The van der Waals surface area contributed by atoms with Gasteiger partial charge in [-0.05, 0) is 71.5 Å². The van der Waals surface area contributed by atoms with E-state index in [9.17, 15) is 13.6 Å². The number of hydrogen-bond acceptors (Lipinski definition) is 5. The van der Waals surface area contributed by atoms with E-state index in [1.807, 2.05) is 18.2 Å². The Morgan fingerprint density at radius 1 is 0.905 bits per heavy atom. The van der Waals surface area contributed by atoms with Crippen molar-refractivity contribution in [1.82, 2.24) is 9.80 Å². The van der Waals surface area contributed by atoms with Gasteiger partial charge in [-0.2, -0.15) is 0 Å². The number of amides is 1. The normalized spacial score (nSPS) is 16.4. The van der Waals surface area contributed by atoms with E-state index in [4.69, 9.17) is 14.2 Å². The van der Waals surface area contributed by atoms with E-state index in [0.717, 1.165) is 54.0 Å². The van der Waals surface area contributed by atoms with Crippen molar-refractivity contribution in [2.24, 2.45) is 0 Å². The predicted molar refractivity (Wildman–Crippen MR) is 158 cm³/mol. The van der Waals surface area contributed by atoms with E-state index in [1.54, 1.807) is 43.4 Å². The highest BCUT2D eigenvalue weighted by Crippen LogP contribution is 2.41. The van der Waals surface area contributed by atoms with Crippen molar-refractivity contribution in [3.63, 3.8) is 0 Å². The fourth-order valence-electron chi connectivity index (χ4n) is 5.72. The molecule has 6 nitrogen and oxygen atoms in total. The molecule has 220 valence electrons. The Bertz CT molecular complexity index is 1400. The monoisotopic (exact) mass is 574 g/mol. The number of nitrogens with zero attached hydrogens (tertiary/aromatic N) is 2. The zero-order valence-corrected chi connectivity index (χ0v) is 24.1. The molecule has 2 aliphatic heterocycles. The van der Waals surface area contributed by atoms with Gasteiger partial charge in [-0.3, -0.25) is 4.90 Å². The highest BCUT2D eigenvalue weighted by atomic mass is 19.1. The summed E-state index contributed by atoms with van der Waals surface area (Å²) < 4.78 is 43.8. The molecule has 0 atom stereocenters. The lowest BCUT2D eigenvalue weighted by Crippen LogP contribution is -2.45. The molecule has 0 saturated carbocycles. The van der Waals surface area contributed by atoms with E-state index in [1.165, 1.54) is 24.3 Å². The molecule has 2 aliphatic rings. The van der Waals surface area contributed by atoms with Gasteiger partial charge in [-0.15, -0.1) is 0 Å². The largest absolute Gasteiger partial charge is 0.493 e. The molecule has 42 heavy (non-hydrogen) atoms. The van der Waals surface area contributed by atoms with Gasteiger partial charge < -0.3 is 19.1 Å². The van der Waals surface area contributed by atoms with Crippen LogP contribution in [0.25, 0.3) is 5.57 Å². The smallest absolute Gasteiger partial charge is 0.415 e. The molecule has 0 aromatic heterocycles. The maximum atomic E-state index is 13.6. The summed E-state index contributed by atoms with van der Waals surface area (Å²) in [5.74, 6) is 0.718. The van der Waals surface area contributed by atoms with Gasteiger partial charge in [-0.1, -0.05) is 43.0 Å². The van der Waals surface area contributed by atoms with Crippen LogP contribution in [-0.4, -0.2) is 61.9 Å². The van der Waals surface area contributed by atoms with Crippen LogP contribution in [-0.2, 0) is 11.2 Å². The van der Waals surface area contributed by atoms with Crippen LogP contribution in [0.3, 0.4) is 0 Å². The van der Waals surface area contributed by atoms with E-state index in [0.29, 0.717) is 37.3 Å². The van der Waals surface area contributed by atoms with Crippen molar-refractivity contribution in [3.05, 3.63) is 113 Å². The summed E-state index contributed by atoms with van der Waals surface area (Å²) in [5.41, 5.74) is 3.77. The van der Waals surface area contributed by atoms with Crippen molar-refractivity contribution >= 4 is 11.7 Å². The van der Waals surface area contributed by atoms with Gasteiger partial charge in [0.2, 0.25) is 0 Å². The summed E-state index contributed by atoms with van der Waals surface area (Å²) in [7, 11) is 3.20. The van der Waals surface area contributed by atoms with E-state index in [-0.39, 0.29) is 17.7 Å². The number of likely N-dealkylation sites (tertiary alicyclic amines) is 1. The van der Waals surface area contributed by atoms with E-state index in [2.05, 4.69) is 17.6 Å². The molecule has 2 saturated heterocycles. The SMILES string of the molecule is C=C1N(CCc2ccc(OC)c(OC)c2)C(=O)OC12CCN(CCC=C(c1ccc(F)cc1)c1ccc(F)cc1)CC2. The van der Waals surface area contributed by atoms with Crippen molar-refractivity contribution in [1.29, 1.82) is 0 Å². The Morgan fingerprint density at radius 2 is 1.50 bits per heavy atom. The second-order valence-corrected chi connectivity index (χ2v) is 10.7. The van der Waals surface area contributed by atoms with Crippen LogP contribution in [0, 0.1) is 11.6 Å². The molecular formula is C34H36F2N2O4. The predicted octanol–water partition coefficient (Wildman–Crippen LogP) is 6.85. The minimum Gasteiger partial charge on any atom is -0.493 e. The maximum absolute atomic E-state index is 13.6. The van der Waals surface area contributed by atoms with Gasteiger partial charge in [0.15, 0.2) is 17.1 Å². The molecular weight excluding hydrogens is 538 g/mol. The standard InChI is InChI=1S/C34H36F2N2O4/c1-24-34(42-33(39)38(24)20-16-25-6-15-31(40-2)32(23-25)41-3)17-21-37(22-18-34)19-4-5-30(26-7-11-28(35)12-8-26)27-9-13-29(36)14-10-27/h5-15,23H,1,4,16-22H2,2-3H3. The number of piperidine rings is 1. The second kappa shape index (κ2) is 12.8. The number of methoxy groups -OCH3 is 2.